The molecule has 0 saturated heterocycles. The highest BCUT2D eigenvalue weighted by Gasteiger charge is 2.24. The maximum atomic E-state index is 13.1. The van der Waals surface area contributed by atoms with E-state index in [4.69, 9.17) is 9.15 Å². The lowest BCUT2D eigenvalue weighted by atomic mass is 10.1. The quantitative estimate of drug-likeness (QED) is 0.556. The molecular weight excluding hydrogens is 450 g/mol. The number of carbonyl (C=O) groups excluding carboxylic acids is 2. The topological polar surface area (TPSA) is 118 Å². The number of nitrogens with one attached hydrogen (secondary N) is 1. The van der Waals surface area contributed by atoms with Crippen molar-refractivity contribution in [2.24, 2.45) is 0 Å². The predicted octanol–water partition coefficient (Wildman–Crippen LogP) is 4.36. The van der Waals surface area contributed by atoms with Gasteiger partial charge in [0.1, 0.15) is 5.60 Å². The molecule has 0 fully saturated rings. The zero-order valence-electron chi connectivity index (χ0n) is 20.9. The fraction of sp³-hybridized carbons (Fsp3) is 0.400. The number of aryl methyl sites for hydroxylation is 1. The molecule has 0 radical (unpaired) electrons. The van der Waals surface area contributed by atoms with Gasteiger partial charge in [0.25, 0.3) is 0 Å². The van der Waals surface area contributed by atoms with Crippen molar-refractivity contribution in [1.82, 2.24) is 14.9 Å². The summed E-state index contributed by atoms with van der Waals surface area (Å²) in [6.45, 7) is 9.43. The van der Waals surface area contributed by atoms with Gasteiger partial charge >= 0.3 is 23.8 Å². The molecule has 0 aliphatic rings. The van der Waals surface area contributed by atoms with Gasteiger partial charge in [-0.2, -0.15) is 4.98 Å². The lowest BCUT2D eigenvalue weighted by Gasteiger charge is -2.25. The van der Waals surface area contributed by atoms with Gasteiger partial charge in [0.2, 0.25) is 0 Å². The lowest BCUT2D eigenvalue weighted by Crippen LogP contribution is -2.42. The molecule has 35 heavy (non-hydrogen) atoms. The number of benzene rings is 1. The number of pyridine rings is 1. The molecule has 3 aromatic rings. The van der Waals surface area contributed by atoms with Crippen LogP contribution in [0.4, 0.5) is 21.3 Å². The van der Waals surface area contributed by atoms with Crippen molar-refractivity contribution in [1.29, 1.82) is 0 Å². The monoisotopic (exact) mass is 481 g/mol. The molecule has 1 aromatic carbocycles. The van der Waals surface area contributed by atoms with Crippen molar-refractivity contribution < 1.29 is 18.7 Å². The Kier molecular flexibility index (Phi) is 7.73. The van der Waals surface area contributed by atoms with Gasteiger partial charge in [-0.05, 0) is 64.4 Å². The SMILES string of the molecule is CCN(C(=O)N(C)CCc1ccccn1)c1nc2ccc(NC(=O)OC(C)(C)C)c(C)c2c(=O)o1. The lowest BCUT2D eigenvalue weighted by molar-refractivity contribution is 0.0635. The van der Waals surface area contributed by atoms with E-state index >= 15 is 0 Å². The van der Waals surface area contributed by atoms with E-state index in [1.54, 1.807) is 60.0 Å². The van der Waals surface area contributed by atoms with Crippen LogP contribution in [0.25, 0.3) is 10.9 Å². The smallest absolute Gasteiger partial charge is 0.412 e. The molecule has 1 N–H and O–H groups in total. The van der Waals surface area contributed by atoms with Crippen molar-refractivity contribution >= 4 is 34.7 Å². The number of amides is 3. The second-order valence-electron chi connectivity index (χ2n) is 9.06. The summed E-state index contributed by atoms with van der Waals surface area (Å²) < 4.78 is 10.7. The van der Waals surface area contributed by atoms with E-state index in [0.29, 0.717) is 29.7 Å². The second kappa shape index (κ2) is 10.5. The first-order valence-corrected chi connectivity index (χ1v) is 11.4. The second-order valence-corrected chi connectivity index (χ2v) is 9.06. The molecule has 0 aliphatic heterocycles. The van der Waals surface area contributed by atoms with Gasteiger partial charge in [0.15, 0.2) is 0 Å². The Labute approximate surface area is 203 Å². The van der Waals surface area contributed by atoms with Gasteiger partial charge in [0, 0.05) is 44.1 Å². The number of rotatable bonds is 6. The number of anilines is 2. The molecule has 0 atom stereocenters. The number of fused-ring (bicyclic) bond motifs is 1. The number of likely N-dealkylation sites (N-methyl/N-ethyl adjacent to an activating group) is 1. The summed E-state index contributed by atoms with van der Waals surface area (Å²) in [7, 11) is 1.67. The first-order chi connectivity index (χ1) is 16.5. The molecule has 0 aliphatic carbocycles. The molecule has 10 nitrogen and oxygen atoms in total. The van der Waals surface area contributed by atoms with E-state index in [0.717, 1.165) is 5.69 Å². The molecule has 2 heterocycles. The van der Waals surface area contributed by atoms with Crippen molar-refractivity contribution in [2.45, 2.75) is 46.6 Å². The van der Waals surface area contributed by atoms with Crippen molar-refractivity contribution in [3.8, 4) is 0 Å². The first kappa shape index (κ1) is 25.7. The maximum absolute atomic E-state index is 13.1. The zero-order valence-corrected chi connectivity index (χ0v) is 20.9. The third kappa shape index (κ3) is 6.34. The third-order valence-corrected chi connectivity index (χ3v) is 5.22. The van der Waals surface area contributed by atoms with E-state index < -0.39 is 17.3 Å². The van der Waals surface area contributed by atoms with E-state index in [-0.39, 0.29) is 24.0 Å². The molecule has 0 bridgehead atoms. The number of urea groups is 1. The van der Waals surface area contributed by atoms with Crippen molar-refractivity contribution in [3.05, 3.63) is 58.2 Å². The number of hydrogen-bond acceptors (Lipinski definition) is 7. The summed E-state index contributed by atoms with van der Waals surface area (Å²) in [5.74, 6) is 0. The minimum absolute atomic E-state index is 0.0908. The fourth-order valence-electron chi connectivity index (χ4n) is 3.45. The summed E-state index contributed by atoms with van der Waals surface area (Å²) in [6, 6.07) is 8.42. The van der Waals surface area contributed by atoms with Crippen LogP contribution in [-0.4, -0.2) is 52.7 Å². The van der Waals surface area contributed by atoms with Crippen LogP contribution in [0.5, 0.6) is 0 Å². The van der Waals surface area contributed by atoms with Gasteiger partial charge in [-0.25, -0.2) is 19.3 Å². The summed E-state index contributed by atoms with van der Waals surface area (Å²) >= 11 is 0. The number of nitrogens with zero attached hydrogens (tertiary/aromatic N) is 4. The molecule has 2 aromatic heterocycles. The fourth-order valence-corrected chi connectivity index (χ4v) is 3.45. The molecule has 3 rings (SSSR count). The van der Waals surface area contributed by atoms with Crippen LogP contribution in [0.1, 0.15) is 39.0 Å². The minimum Gasteiger partial charge on any atom is -0.444 e. The molecule has 0 spiro atoms. The Balaban J connectivity index is 1.83. The summed E-state index contributed by atoms with van der Waals surface area (Å²) in [5, 5.41) is 2.87. The van der Waals surface area contributed by atoms with E-state index in [2.05, 4.69) is 15.3 Å². The Hall–Kier alpha value is -3.95. The molecule has 186 valence electrons. The van der Waals surface area contributed by atoms with Crippen LogP contribution in [0.15, 0.2) is 45.7 Å². The Morgan fingerprint density at radius 2 is 1.91 bits per heavy atom. The van der Waals surface area contributed by atoms with E-state index in [1.807, 2.05) is 18.2 Å². The van der Waals surface area contributed by atoms with Crippen LogP contribution in [-0.2, 0) is 11.2 Å². The number of aromatic nitrogens is 2. The van der Waals surface area contributed by atoms with Crippen molar-refractivity contribution in [3.63, 3.8) is 0 Å². The van der Waals surface area contributed by atoms with Gasteiger partial charge in [-0.1, -0.05) is 6.07 Å². The Morgan fingerprint density at radius 1 is 1.17 bits per heavy atom. The van der Waals surface area contributed by atoms with Gasteiger partial charge in [0.05, 0.1) is 10.9 Å². The van der Waals surface area contributed by atoms with Crippen LogP contribution < -0.4 is 15.8 Å². The van der Waals surface area contributed by atoms with Gasteiger partial charge < -0.3 is 14.1 Å². The average molecular weight is 482 g/mol. The Morgan fingerprint density at radius 3 is 2.54 bits per heavy atom. The number of ether oxygens (including phenoxy) is 1. The van der Waals surface area contributed by atoms with E-state index in [9.17, 15) is 14.4 Å². The molecular formula is C25H31N5O5. The van der Waals surface area contributed by atoms with E-state index in [1.165, 1.54) is 9.80 Å². The number of carbonyl (C=O) groups is 2. The maximum Gasteiger partial charge on any atom is 0.412 e. The highest BCUT2D eigenvalue weighted by Crippen LogP contribution is 2.25. The number of hydrogen-bond donors (Lipinski definition) is 1. The standard InChI is InChI=1S/C25H31N5O5/c1-7-30(24(33)29(6)15-13-17-10-8-9-14-26-17)22-27-19-12-11-18(16(2)20(19)21(31)34-22)28-23(32)35-25(3,4)5/h8-12,14H,7,13,15H2,1-6H3,(H,28,32). The van der Waals surface area contributed by atoms with Crippen molar-refractivity contribution in [2.75, 3.05) is 30.4 Å². The molecule has 10 heteroatoms. The minimum atomic E-state index is -0.661. The Bertz CT molecular complexity index is 1270. The molecule has 0 saturated carbocycles. The predicted molar refractivity (Wildman–Crippen MR) is 134 cm³/mol. The molecule has 3 amide bonds. The molecule has 0 unspecified atom stereocenters. The normalized spacial score (nSPS) is 11.3. The van der Waals surface area contributed by atoms with Gasteiger partial charge in [-0.3, -0.25) is 10.3 Å². The highest BCUT2D eigenvalue weighted by atomic mass is 16.6. The summed E-state index contributed by atoms with van der Waals surface area (Å²) in [6.07, 6.45) is 1.66. The van der Waals surface area contributed by atoms with Crippen LogP contribution in [0.2, 0.25) is 0 Å². The largest absolute Gasteiger partial charge is 0.444 e. The van der Waals surface area contributed by atoms with Crippen LogP contribution >= 0.6 is 0 Å². The van der Waals surface area contributed by atoms with Gasteiger partial charge in [-0.15, -0.1) is 0 Å². The zero-order chi connectivity index (χ0) is 25.8. The highest BCUT2D eigenvalue weighted by molar-refractivity contribution is 5.94. The van der Waals surface area contributed by atoms with Crippen LogP contribution in [0, 0.1) is 6.92 Å². The first-order valence-electron chi connectivity index (χ1n) is 11.4. The summed E-state index contributed by atoms with van der Waals surface area (Å²) in [4.78, 5) is 49.7. The summed E-state index contributed by atoms with van der Waals surface area (Å²) in [5.41, 5.74) is 0.806. The average Bonchev–Trinajstić information content (AvgIpc) is 2.79. The third-order valence-electron chi connectivity index (χ3n) is 5.22. The van der Waals surface area contributed by atoms with Crippen LogP contribution in [0.3, 0.4) is 0 Å².